The number of pyridine rings is 1. The van der Waals surface area contributed by atoms with Crippen molar-refractivity contribution in [1.29, 1.82) is 0 Å². The summed E-state index contributed by atoms with van der Waals surface area (Å²) >= 11 is 0. The first-order chi connectivity index (χ1) is 13.4. The Labute approximate surface area is 162 Å². The molecule has 3 heterocycles. The molecule has 0 unspecified atom stereocenters. The van der Waals surface area contributed by atoms with E-state index in [1.807, 2.05) is 24.3 Å². The van der Waals surface area contributed by atoms with Crippen molar-refractivity contribution in [3.8, 4) is 5.69 Å². The van der Waals surface area contributed by atoms with Crippen LogP contribution in [0, 0.1) is 0 Å². The first kappa shape index (κ1) is 18.2. The number of anilines is 2. The number of rotatable bonds is 3. The molecule has 2 aliphatic rings. The quantitative estimate of drug-likeness (QED) is 0.764. The molecule has 3 N–H and O–H groups in total. The number of benzene rings is 1. The number of nitrogen functional groups attached to an aromatic ring is 1. The molecule has 2 aromatic rings. The Morgan fingerprint density at radius 2 is 1.54 bits per heavy atom. The summed E-state index contributed by atoms with van der Waals surface area (Å²) in [5.74, 6) is -1.19. The second-order valence-electron chi connectivity index (χ2n) is 7.41. The van der Waals surface area contributed by atoms with Gasteiger partial charge in [0.05, 0.1) is 16.8 Å². The third kappa shape index (κ3) is 2.95. The van der Waals surface area contributed by atoms with Crippen LogP contribution in [0.15, 0.2) is 35.1 Å². The molecule has 0 radical (unpaired) electrons. The molecule has 146 valence electrons. The van der Waals surface area contributed by atoms with Crippen molar-refractivity contribution in [2.24, 2.45) is 0 Å². The molecule has 1 aromatic carbocycles. The van der Waals surface area contributed by atoms with Gasteiger partial charge in [-0.25, -0.2) is 0 Å². The van der Waals surface area contributed by atoms with Crippen molar-refractivity contribution in [1.82, 2.24) is 14.8 Å². The zero-order chi connectivity index (χ0) is 20.0. The van der Waals surface area contributed by atoms with Crippen LogP contribution in [0.3, 0.4) is 0 Å². The van der Waals surface area contributed by atoms with Gasteiger partial charge in [0.2, 0.25) is 0 Å². The highest BCUT2D eigenvalue weighted by atomic mass is 16.2. The van der Waals surface area contributed by atoms with Crippen molar-refractivity contribution in [2.75, 3.05) is 36.8 Å². The van der Waals surface area contributed by atoms with E-state index in [2.05, 4.69) is 29.0 Å². The number of nitrogens with two attached hydrogens (primary N) is 1. The predicted molar refractivity (Wildman–Crippen MR) is 107 cm³/mol. The molecule has 1 fully saturated rings. The molecule has 2 aliphatic heterocycles. The zero-order valence-electron chi connectivity index (χ0n) is 15.9. The smallest absolute Gasteiger partial charge is 0.262 e. The maximum absolute atomic E-state index is 12.5. The average molecular weight is 381 g/mol. The topological polar surface area (TPSA) is 101 Å². The Balaban J connectivity index is 1.62. The number of fused-ring (bicyclic) bond motifs is 1. The summed E-state index contributed by atoms with van der Waals surface area (Å²) in [7, 11) is 0. The number of hydrogen-bond donors (Lipinski definition) is 2. The molecule has 0 bridgehead atoms. The van der Waals surface area contributed by atoms with Crippen molar-refractivity contribution >= 4 is 23.3 Å². The van der Waals surface area contributed by atoms with Crippen LogP contribution in [-0.2, 0) is 0 Å². The predicted octanol–water partition coefficient (Wildman–Crippen LogP) is 0.834. The maximum Gasteiger partial charge on any atom is 0.262 e. The molecule has 1 saturated heterocycles. The van der Waals surface area contributed by atoms with E-state index in [0.29, 0.717) is 11.7 Å². The number of amides is 2. The maximum atomic E-state index is 12.5. The summed E-state index contributed by atoms with van der Waals surface area (Å²) in [6.07, 6.45) is 0. The van der Waals surface area contributed by atoms with Crippen LogP contribution < -0.4 is 21.5 Å². The lowest BCUT2D eigenvalue weighted by atomic mass is 10.1. The molecule has 0 spiro atoms. The van der Waals surface area contributed by atoms with Gasteiger partial charge in [0.15, 0.2) is 0 Å². The molecule has 8 heteroatoms. The molecule has 1 aromatic heterocycles. The SMILES string of the molecule is CC(C)N1CCN(c2ccc(-n3c(N)c4c(cc3=O)C(=O)NC4=O)cc2)CC1. The van der Waals surface area contributed by atoms with Gasteiger partial charge in [-0.05, 0) is 38.1 Å². The van der Waals surface area contributed by atoms with Crippen LogP contribution in [0.1, 0.15) is 34.6 Å². The number of nitrogens with one attached hydrogen (secondary N) is 1. The number of nitrogens with zero attached hydrogens (tertiary/aromatic N) is 3. The lowest BCUT2D eigenvalue weighted by molar-refractivity contribution is 0.0880. The minimum Gasteiger partial charge on any atom is -0.384 e. The highest BCUT2D eigenvalue weighted by molar-refractivity contribution is 6.23. The highest BCUT2D eigenvalue weighted by Crippen LogP contribution is 2.24. The van der Waals surface area contributed by atoms with Gasteiger partial charge in [0.1, 0.15) is 5.82 Å². The molecule has 0 saturated carbocycles. The molecule has 0 atom stereocenters. The fraction of sp³-hybridized carbons (Fsp3) is 0.350. The number of piperazine rings is 1. The lowest BCUT2D eigenvalue weighted by Gasteiger charge is -2.38. The van der Waals surface area contributed by atoms with E-state index in [0.717, 1.165) is 37.9 Å². The van der Waals surface area contributed by atoms with Gasteiger partial charge in [-0.2, -0.15) is 0 Å². The van der Waals surface area contributed by atoms with E-state index in [9.17, 15) is 14.4 Å². The number of aromatic nitrogens is 1. The second kappa shape index (κ2) is 6.79. The second-order valence-corrected chi connectivity index (χ2v) is 7.41. The summed E-state index contributed by atoms with van der Waals surface area (Å²) in [6.45, 7) is 8.33. The van der Waals surface area contributed by atoms with E-state index in [-0.39, 0.29) is 16.9 Å². The van der Waals surface area contributed by atoms with Gasteiger partial charge in [0.25, 0.3) is 17.4 Å². The third-order valence-electron chi connectivity index (χ3n) is 5.47. The normalized spacial score (nSPS) is 17.2. The van der Waals surface area contributed by atoms with E-state index in [1.165, 1.54) is 4.57 Å². The molecule has 0 aliphatic carbocycles. The molecule has 8 nitrogen and oxygen atoms in total. The van der Waals surface area contributed by atoms with Gasteiger partial charge in [-0.15, -0.1) is 0 Å². The van der Waals surface area contributed by atoms with Crippen LogP contribution in [0.25, 0.3) is 5.69 Å². The van der Waals surface area contributed by atoms with E-state index >= 15 is 0 Å². The van der Waals surface area contributed by atoms with Gasteiger partial charge in [0, 0.05) is 44.0 Å². The Morgan fingerprint density at radius 1 is 0.929 bits per heavy atom. The molecule has 2 amide bonds. The van der Waals surface area contributed by atoms with Crippen LogP contribution in [0.5, 0.6) is 0 Å². The highest BCUT2D eigenvalue weighted by Gasteiger charge is 2.31. The monoisotopic (exact) mass is 381 g/mol. The first-order valence-electron chi connectivity index (χ1n) is 9.37. The molecular formula is C20H23N5O3. The van der Waals surface area contributed by atoms with E-state index < -0.39 is 17.4 Å². The van der Waals surface area contributed by atoms with E-state index in [1.54, 1.807) is 0 Å². The number of imide groups is 1. The van der Waals surface area contributed by atoms with Gasteiger partial charge >= 0.3 is 0 Å². The van der Waals surface area contributed by atoms with Crippen molar-refractivity contribution in [2.45, 2.75) is 19.9 Å². The number of carbonyl (C=O) groups is 2. The number of carbonyl (C=O) groups excluding carboxylic acids is 2. The molecular weight excluding hydrogens is 358 g/mol. The third-order valence-corrected chi connectivity index (χ3v) is 5.47. The Bertz CT molecular complexity index is 1000. The van der Waals surface area contributed by atoms with Crippen molar-refractivity contribution in [3.05, 3.63) is 51.8 Å². The minimum absolute atomic E-state index is 0.0239. The molecule has 28 heavy (non-hydrogen) atoms. The fourth-order valence-corrected chi connectivity index (χ4v) is 3.85. The van der Waals surface area contributed by atoms with Crippen LogP contribution in [0.4, 0.5) is 11.5 Å². The summed E-state index contributed by atoms with van der Waals surface area (Å²) in [5.41, 5.74) is 7.35. The Hall–Kier alpha value is -3.13. The van der Waals surface area contributed by atoms with Gasteiger partial charge < -0.3 is 10.6 Å². The van der Waals surface area contributed by atoms with Crippen molar-refractivity contribution < 1.29 is 9.59 Å². The largest absolute Gasteiger partial charge is 0.384 e. The van der Waals surface area contributed by atoms with Crippen LogP contribution in [0.2, 0.25) is 0 Å². The first-order valence-corrected chi connectivity index (χ1v) is 9.37. The van der Waals surface area contributed by atoms with Crippen LogP contribution in [-0.4, -0.2) is 53.5 Å². The fourth-order valence-electron chi connectivity index (χ4n) is 3.85. The standard InChI is InChI=1S/C20H23N5O3/c1-12(2)23-7-9-24(10-8-23)13-3-5-14(6-4-13)25-16(26)11-15-17(18(25)21)20(28)22-19(15)27/h3-6,11-12H,7-10,21H2,1-2H3,(H,22,27,28). The van der Waals surface area contributed by atoms with E-state index in [4.69, 9.17) is 5.73 Å². The minimum atomic E-state index is -0.591. The lowest BCUT2D eigenvalue weighted by Crippen LogP contribution is -2.48. The zero-order valence-corrected chi connectivity index (χ0v) is 15.9. The summed E-state index contributed by atoms with van der Waals surface area (Å²) < 4.78 is 1.26. The van der Waals surface area contributed by atoms with Crippen molar-refractivity contribution in [3.63, 3.8) is 0 Å². The van der Waals surface area contributed by atoms with Gasteiger partial charge in [-0.1, -0.05) is 0 Å². The summed E-state index contributed by atoms with van der Waals surface area (Å²) in [4.78, 5) is 41.0. The molecule has 4 rings (SSSR count). The average Bonchev–Trinajstić information content (AvgIpc) is 2.96. The summed E-state index contributed by atoms with van der Waals surface area (Å²) in [6, 6.07) is 9.22. The van der Waals surface area contributed by atoms with Gasteiger partial charge in [-0.3, -0.25) is 29.2 Å². The number of hydrogen-bond acceptors (Lipinski definition) is 6. The Kier molecular flexibility index (Phi) is 4.43. The summed E-state index contributed by atoms with van der Waals surface area (Å²) in [5, 5.41) is 2.17. The van der Waals surface area contributed by atoms with Crippen LogP contribution >= 0.6 is 0 Å². The Morgan fingerprint density at radius 3 is 2.14 bits per heavy atom.